The van der Waals surface area contributed by atoms with Crippen LogP contribution in [0.4, 0.5) is 0 Å². The quantitative estimate of drug-likeness (QED) is 0.166. The maximum Gasteiger partial charge on any atom is 0.164 e. The van der Waals surface area contributed by atoms with Gasteiger partial charge in [0.2, 0.25) is 0 Å². The maximum absolute atomic E-state index is 4.93. The lowest BCUT2D eigenvalue weighted by Crippen LogP contribution is -2.00. The Balaban J connectivity index is 1.03. The van der Waals surface area contributed by atoms with Gasteiger partial charge in [0.05, 0.1) is 11.0 Å². The van der Waals surface area contributed by atoms with E-state index < -0.39 is 0 Å². The second kappa shape index (κ2) is 14.0. The second-order valence-corrected chi connectivity index (χ2v) is 14.0. The molecular formula is C51H36N4. The highest BCUT2D eigenvalue weighted by Crippen LogP contribution is 2.37. The molecule has 0 fully saturated rings. The van der Waals surface area contributed by atoms with Gasteiger partial charge in [0, 0.05) is 33.2 Å². The number of para-hydroxylation sites is 1. The smallest absolute Gasteiger partial charge is 0.164 e. The van der Waals surface area contributed by atoms with Crippen LogP contribution in [0.2, 0.25) is 0 Å². The maximum atomic E-state index is 4.93. The van der Waals surface area contributed by atoms with E-state index in [9.17, 15) is 0 Å². The van der Waals surface area contributed by atoms with E-state index in [4.69, 9.17) is 15.0 Å². The molecule has 55 heavy (non-hydrogen) atoms. The highest BCUT2D eigenvalue weighted by molar-refractivity contribution is 6.10. The summed E-state index contributed by atoms with van der Waals surface area (Å²) in [5.41, 5.74) is 13.7. The second-order valence-electron chi connectivity index (χ2n) is 14.0. The van der Waals surface area contributed by atoms with Crippen molar-refractivity contribution in [2.45, 2.75) is 12.8 Å². The Morgan fingerprint density at radius 1 is 0.382 bits per heavy atom. The lowest BCUT2D eigenvalue weighted by molar-refractivity contribution is 1.05. The summed E-state index contributed by atoms with van der Waals surface area (Å²) in [6.45, 7) is 0. The molecule has 4 nitrogen and oxygen atoms in total. The highest BCUT2D eigenvalue weighted by Gasteiger charge is 2.16. The van der Waals surface area contributed by atoms with Crippen LogP contribution in [-0.2, 0) is 0 Å². The Kier molecular flexibility index (Phi) is 8.27. The molecule has 0 atom stereocenters. The van der Waals surface area contributed by atoms with Crippen molar-refractivity contribution in [2.75, 3.05) is 0 Å². The van der Waals surface area contributed by atoms with Crippen molar-refractivity contribution in [1.29, 1.82) is 0 Å². The van der Waals surface area contributed by atoms with Gasteiger partial charge in [-0.25, -0.2) is 15.0 Å². The molecule has 0 amide bonds. The zero-order valence-corrected chi connectivity index (χ0v) is 30.2. The number of benzene rings is 7. The highest BCUT2D eigenvalue weighted by atomic mass is 15.0. The third-order valence-corrected chi connectivity index (χ3v) is 10.5. The van der Waals surface area contributed by atoms with Crippen LogP contribution in [0.25, 0.3) is 89.5 Å². The first kappa shape index (κ1) is 32.5. The molecule has 0 radical (unpaired) electrons. The summed E-state index contributed by atoms with van der Waals surface area (Å²) in [5.74, 6) is 1.96. The van der Waals surface area contributed by atoms with Crippen molar-refractivity contribution < 1.29 is 0 Å². The molecule has 260 valence electrons. The first-order valence-corrected chi connectivity index (χ1v) is 18.8. The largest absolute Gasteiger partial charge is 0.309 e. The summed E-state index contributed by atoms with van der Waals surface area (Å²) in [6, 6.07) is 62.2. The minimum absolute atomic E-state index is 0.645. The van der Waals surface area contributed by atoms with Crippen LogP contribution in [0.5, 0.6) is 0 Å². The van der Waals surface area contributed by atoms with Crippen LogP contribution in [0.1, 0.15) is 18.4 Å². The molecular weight excluding hydrogens is 669 g/mol. The van der Waals surface area contributed by atoms with E-state index in [1.165, 1.54) is 44.1 Å². The fraction of sp³-hybridized carbons (Fsp3) is 0.0392. The summed E-state index contributed by atoms with van der Waals surface area (Å²) < 4.78 is 2.41. The first-order chi connectivity index (χ1) is 27.2. The summed E-state index contributed by atoms with van der Waals surface area (Å²) in [4.78, 5) is 14.7. The van der Waals surface area contributed by atoms with Gasteiger partial charge in [-0.1, -0.05) is 164 Å². The third kappa shape index (κ3) is 6.24. The summed E-state index contributed by atoms with van der Waals surface area (Å²) in [5, 5.41) is 2.49. The van der Waals surface area contributed by atoms with Crippen molar-refractivity contribution in [3.63, 3.8) is 0 Å². The Morgan fingerprint density at radius 3 is 1.60 bits per heavy atom. The predicted octanol–water partition coefficient (Wildman–Crippen LogP) is 13.0. The molecule has 0 unspecified atom stereocenters. The summed E-state index contributed by atoms with van der Waals surface area (Å²) in [6.07, 6.45) is 8.84. The van der Waals surface area contributed by atoms with E-state index in [1.54, 1.807) is 0 Å². The first-order valence-electron chi connectivity index (χ1n) is 18.8. The zero-order valence-electron chi connectivity index (χ0n) is 30.2. The van der Waals surface area contributed by atoms with E-state index in [0.717, 1.165) is 46.3 Å². The SMILES string of the molecule is C1=CCCC(c2cccc(-c3ccc4c5ccccc5n(-c5cccc(-c6ccc(-c7nc(-c8ccccc8)nc(-c8ccccc8)n7)cc6)c5)c4c3)c2)=C1. The number of fused-ring (bicyclic) bond motifs is 3. The normalized spacial score (nSPS) is 12.6. The van der Waals surface area contributed by atoms with Crippen LogP contribution in [0, 0.1) is 0 Å². The van der Waals surface area contributed by atoms with Crippen molar-refractivity contribution in [2.24, 2.45) is 0 Å². The minimum atomic E-state index is 0.645. The molecule has 10 rings (SSSR count). The van der Waals surface area contributed by atoms with Gasteiger partial charge in [-0.2, -0.15) is 0 Å². The molecule has 2 aromatic heterocycles. The van der Waals surface area contributed by atoms with Crippen molar-refractivity contribution in [3.05, 3.63) is 200 Å². The number of nitrogens with zero attached hydrogens (tertiary/aromatic N) is 4. The van der Waals surface area contributed by atoms with Gasteiger partial charge in [-0.05, 0) is 76.6 Å². The van der Waals surface area contributed by atoms with E-state index in [-0.39, 0.29) is 0 Å². The van der Waals surface area contributed by atoms with Crippen LogP contribution < -0.4 is 0 Å². The van der Waals surface area contributed by atoms with Gasteiger partial charge in [0.25, 0.3) is 0 Å². The summed E-state index contributed by atoms with van der Waals surface area (Å²) >= 11 is 0. The monoisotopic (exact) mass is 704 g/mol. The number of allylic oxidation sites excluding steroid dienone is 4. The lowest BCUT2D eigenvalue weighted by Gasteiger charge is -2.13. The molecule has 0 bridgehead atoms. The molecule has 0 spiro atoms. The number of hydrogen-bond acceptors (Lipinski definition) is 3. The van der Waals surface area contributed by atoms with E-state index in [1.807, 2.05) is 60.7 Å². The Hall–Kier alpha value is -7.17. The Labute approximate surface area is 320 Å². The molecule has 0 saturated heterocycles. The molecule has 1 aliphatic rings. The van der Waals surface area contributed by atoms with Crippen LogP contribution >= 0.6 is 0 Å². The van der Waals surface area contributed by atoms with E-state index in [2.05, 4.69) is 138 Å². The minimum Gasteiger partial charge on any atom is -0.309 e. The topological polar surface area (TPSA) is 43.6 Å². The zero-order chi connectivity index (χ0) is 36.6. The van der Waals surface area contributed by atoms with Gasteiger partial charge in [-0.3, -0.25) is 0 Å². The standard InChI is InChI=1S/C51H36N4/c1-4-14-35(15-5-1)40-20-12-21-41(32-40)43-30-31-46-45-24-10-11-25-47(45)55(48(46)34-43)44-23-13-22-42(33-44)36-26-28-39(29-27-36)51-53-49(37-16-6-2-7-17-37)52-50(54-51)38-18-8-3-9-19-38/h1-4,6-14,16-34H,5,15H2. The molecule has 2 heterocycles. The fourth-order valence-electron chi connectivity index (χ4n) is 7.74. The molecule has 0 N–H and O–H groups in total. The van der Waals surface area contributed by atoms with Gasteiger partial charge >= 0.3 is 0 Å². The van der Waals surface area contributed by atoms with Crippen molar-refractivity contribution in [1.82, 2.24) is 19.5 Å². The number of aromatic nitrogens is 4. The van der Waals surface area contributed by atoms with E-state index in [0.29, 0.717) is 17.5 Å². The van der Waals surface area contributed by atoms with Crippen LogP contribution in [-0.4, -0.2) is 19.5 Å². The van der Waals surface area contributed by atoms with Crippen LogP contribution in [0.15, 0.2) is 194 Å². The van der Waals surface area contributed by atoms with Gasteiger partial charge in [0.15, 0.2) is 17.5 Å². The molecule has 1 aliphatic carbocycles. The fourth-order valence-corrected chi connectivity index (χ4v) is 7.74. The Bertz CT molecular complexity index is 2840. The number of hydrogen-bond donors (Lipinski definition) is 0. The summed E-state index contributed by atoms with van der Waals surface area (Å²) in [7, 11) is 0. The third-order valence-electron chi connectivity index (χ3n) is 10.5. The van der Waals surface area contributed by atoms with Crippen LogP contribution in [0.3, 0.4) is 0 Å². The van der Waals surface area contributed by atoms with E-state index >= 15 is 0 Å². The van der Waals surface area contributed by atoms with Gasteiger partial charge in [-0.15, -0.1) is 0 Å². The molecule has 9 aromatic rings. The van der Waals surface area contributed by atoms with Gasteiger partial charge < -0.3 is 4.57 Å². The average Bonchev–Trinajstić information content (AvgIpc) is 3.61. The molecule has 4 heteroatoms. The predicted molar refractivity (Wildman–Crippen MR) is 228 cm³/mol. The molecule has 0 saturated carbocycles. The van der Waals surface area contributed by atoms with Crippen molar-refractivity contribution >= 4 is 27.4 Å². The molecule has 7 aromatic carbocycles. The molecule has 0 aliphatic heterocycles. The average molecular weight is 705 g/mol. The Morgan fingerprint density at radius 2 is 0.909 bits per heavy atom. The lowest BCUT2D eigenvalue weighted by atomic mass is 9.94. The van der Waals surface area contributed by atoms with Crippen molar-refractivity contribution in [3.8, 4) is 62.1 Å². The van der Waals surface area contributed by atoms with Gasteiger partial charge in [0.1, 0.15) is 0 Å². The number of rotatable bonds is 7.